The van der Waals surface area contributed by atoms with E-state index in [0.29, 0.717) is 25.1 Å². The Kier molecular flexibility index (Phi) is 5.70. The van der Waals surface area contributed by atoms with Gasteiger partial charge in [-0.3, -0.25) is 14.4 Å². The van der Waals surface area contributed by atoms with Gasteiger partial charge in [0.15, 0.2) is 0 Å². The first-order valence-electron chi connectivity index (χ1n) is 13.4. The predicted molar refractivity (Wildman–Crippen MR) is 146 cm³/mol. The van der Waals surface area contributed by atoms with Crippen LogP contribution in [0.4, 0.5) is 5.69 Å². The number of allylic oxidation sites excluding steroid dienone is 1. The Balaban J connectivity index is 1.20. The SMILES string of the molecule is Cc1cccc([C@@H]2CCC(C)(C)C(=O)N2CC(=O)Nc2ccc3c(c2)C[C@@]2(C3)C(=O)NC3=C2C=CCN3)c1. The topological polar surface area (TPSA) is 90.5 Å². The number of hydrogen-bond donors (Lipinski definition) is 3. The Morgan fingerprint density at radius 2 is 1.92 bits per heavy atom. The molecular formula is C31H34N4O3. The molecule has 196 valence electrons. The highest BCUT2D eigenvalue weighted by atomic mass is 16.2. The number of piperidine rings is 1. The van der Waals surface area contributed by atoms with Crippen LogP contribution in [0, 0.1) is 17.8 Å². The van der Waals surface area contributed by atoms with Crippen molar-refractivity contribution in [2.75, 3.05) is 18.4 Å². The summed E-state index contributed by atoms with van der Waals surface area (Å²) in [4.78, 5) is 41.5. The van der Waals surface area contributed by atoms with E-state index in [4.69, 9.17) is 0 Å². The number of hydrogen-bond acceptors (Lipinski definition) is 4. The molecule has 7 nitrogen and oxygen atoms in total. The Morgan fingerprint density at radius 3 is 2.74 bits per heavy atom. The smallest absolute Gasteiger partial charge is 0.244 e. The molecule has 2 aromatic rings. The highest BCUT2D eigenvalue weighted by Crippen LogP contribution is 2.48. The number of rotatable bonds is 4. The van der Waals surface area contributed by atoms with Crippen LogP contribution in [0.2, 0.25) is 0 Å². The number of carbonyl (C=O) groups excluding carboxylic acids is 3. The van der Waals surface area contributed by atoms with Gasteiger partial charge < -0.3 is 20.9 Å². The molecule has 1 spiro atoms. The van der Waals surface area contributed by atoms with Gasteiger partial charge in [-0.2, -0.15) is 0 Å². The number of nitrogens with zero attached hydrogens (tertiary/aromatic N) is 1. The van der Waals surface area contributed by atoms with Crippen molar-refractivity contribution in [3.63, 3.8) is 0 Å². The highest BCUT2D eigenvalue weighted by Gasteiger charge is 2.51. The average molecular weight is 511 g/mol. The monoisotopic (exact) mass is 510 g/mol. The Morgan fingerprint density at radius 1 is 1.11 bits per heavy atom. The number of likely N-dealkylation sites (tertiary alicyclic amines) is 1. The van der Waals surface area contributed by atoms with E-state index >= 15 is 0 Å². The lowest BCUT2D eigenvalue weighted by Gasteiger charge is -2.43. The Bertz CT molecular complexity index is 1420. The van der Waals surface area contributed by atoms with Crippen LogP contribution in [0.25, 0.3) is 0 Å². The molecule has 7 heteroatoms. The number of fused-ring (bicyclic) bond motifs is 2. The van der Waals surface area contributed by atoms with E-state index in [1.165, 1.54) is 0 Å². The molecule has 3 aliphatic heterocycles. The van der Waals surface area contributed by atoms with Crippen molar-refractivity contribution in [1.29, 1.82) is 0 Å². The van der Waals surface area contributed by atoms with Crippen LogP contribution in [0.5, 0.6) is 0 Å². The number of amides is 3. The molecular weight excluding hydrogens is 476 g/mol. The van der Waals surface area contributed by atoms with Crippen LogP contribution in [-0.2, 0) is 27.2 Å². The molecule has 0 unspecified atom stereocenters. The van der Waals surface area contributed by atoms with Crippen LogP contribution in [0.3, 0.4) is 0 Å². The van der Waals surface area contributed by atoms with Gasteiger partial charge in [0, 0.05) is 23.2 Å². The van der Waals surface area contributed by atoms with Crippen molar-refractivity contribution in [3.8, 4) is 0 Å². The van der Waals surface area contributed by atoms with Gasteiger partial charge in [-0.15, -0.1) is 0 Å². The molecule has 3 heterocycles. The predicted octanol–water partition coefficient (Wildman–Crippen LogP) is 3.91. The van der Waals surface area contributed by atoms with Crippen molar-refractivity contribution in [3.05, 3.63) is 88.3 Å². The van der Waals surface area contributed by atoms with Crippen molar-refractivity contribution < 1.29 is 14.4 Å². The number of aryl methyl sites for hydroxylation is 1. The van der Waals surface area contributed by atoms with Crippen molar-refractivity contribution >= 4 is 23.4 Å². The fourth-order valence-corrected chi connectivity index (χ4v) is 6.54. The third kappa shape index (κ3) is 4.01. The first kappa shape index (κ1) is 24.5. The molecule has 4 aliphatic rings. The zero-order valence-electron chi connectivity index (χ0n) is 22.2. The van der Waals surface area contributed by atoms with Crippen LogP contribution in [0.1, 0.15) is 55.0 Å². The van der Waals surface area contributed by atoms with Crippen LogP contribution < -0.4 is 16.0 Å². The van der Waals surface area contributed by atoms with E-state index in [1.54, 1.807) is 4.90 Å². The second kappa shape index (κ2) is 8.86. The fourth-order valence-electron chi connectivity index (χ4n) is 6.54. The zero-order valence-corrected chi connectivity index (χ0v) is 22.2. The third-order valence-electron chi connectivity index (χ3n) is 8.61. The van der Waals surface area contributed by atoms with Crippen molar-refractivity contribution in [1.82, 2.24) is 15.5 Å². The lowest BCUT2D eigenvalue weighted by atomic mass is 9.78. The third-order valence-corrected chi connectivity index (χ3v) is 8.61. The molecule has 6 rings (SSSR count). The zero-order chi connectivity index (χ0) is 26.7. The summed E-state index contributed by atoms with van der Waals surface area (Å²) in [7, 11) is 0. The van der Waals surface area contributed by atoms with Gasteiger partial charge in [0.1, 0.15) is 12.4 Å². The second-order valence-corrected chi connectivity index (χ2v) is 11.8. The molecule has 2 aromatic carbocycles. The highest BCUT2D eigenvalue weighted by molar-refractivity contribution is 5.96. The second-order valence-electron chi connectivity index (χ2n) is 11.8. The maximum absolute atomic E-state index is 13.4. The Labute approximate surface area is 223 Å². The normalized spacial score (nSPS) is 25.2. The van der Waals surface area contributed by atoms with Crippen LogP contribution in [-0.4, -0.2) is 35.7 Å². The van der Waals surface area contributed by atoms with Crippen molar-refractivity contribution in [2.24, 2.45) is 10.8 Å². The van der Waals surface area contributed by atoms with Crippen molar-refractivity contribution in [2.45, 2.75) is 52.5 Å². The summed E-state index contributed by atoms with van der Waals surface area (Å²) in [6.45, 7) is 6.66. The van der Waals surface area contributed by atoms with Gasteiger partial charge in [-0.1, -0.05) is 61.9 Å². The summed E-state index contributed by atoms with van der Waals surface area (Å²) in [5, 5.41) is 9.31. The van der Waals surface area contributed by atoms with Gasteiger partial charge in [0.05, 0.1) is 11.5 Å². The molecule has 1 aliphatic carbocycles. The molecule has 0 saturated carbocycles. The number of anilines is 1. The average Bonchev–Trinajstić information content (AvgIpc) is 3.39. The summed E-state index contributed by atoms with van der Waals surface area (Å²) >= 11 is 0. The first-order valence-corrected chi connectivity index (χ1v) is 13.4. The number of nitrogens with one attached hydrogen (secondary N) is 3. The summed E-state index contributed by atoms with van der Waals surface area (Å²) in [6, 6.07) is 14.0. The molecule has 2 atom stereocenters. The maximum Gasteiger partial charge on any atom is 0.244 e. The molecule has 3 N–H and O–H groups in total. The van der Waals surface area contributed by atoms with Gasteiger partial charge >= 0.3 is 0 Å². The molecule has 3 amide bonds. The molecule has 0 radical (unpaired) electrons. The largest absolute Gasteiger partial charge is 0.368 e. The van der Waals surface area contributed by atoms with Crippen LogP contribution in [0.15, 0.2) is 66.0 Å². The number of benzene rings is 2. The van der Waals surface area contributed by atoms with Gasteiger partial charge in [-0.25, -0.2) is 0 Å². The minimum absolute atomic E-state index is 0.00297. The molecule has 0 aromatic heterocycles. The minimum Gasteiger partial charge on any atom is -0.368 e. The van der Waals surface area contributed by atoms with E-state index in [9.17, 15) is 14.4 Å². The quantitative estimate of drug-likeness (QED) is 0.582. The molecule has 1 fully saturated rings. The van der Waals surface area contributed by atoms with Gasteiger partial charge in [0.2, 0.25) is 17.7 Å². The molecule has 1 saturated heterocycles. The standard InChI is InChI=1S/C31H34N4O3/c1-19-6-4-7-20(14-19)25-11-12-30(2,3)29(38)35(25)18-26(36)33-23-10-9-21-16-31(17-22(21)15-23)24-8-5-13-32-27(24)34-28(31)37/h4-10,14-15,25,32H,11-13,16-18H2,1-3H3,(H,33,36)(H,34,37)/t25-,31+/m0/s1. The summed E-state index contributed by atoms with van der Waals surface area (Å²) in [5.41, 5.74) is 5.00. The van der Waals surface area contributed by atoms with E-state index in [2.05, 4.69) is 28.1 Å². The molecule has 38 heavy (non-hydrogen) atoms. The fraction of sp³-hybridized carbons (Fsp3) is 0.387. The summed E-state index contributed by atoms with van der Waals surface area (Å²) in [5.74, 6) is 0.629. The summed E-state index contributed by atoms with van der Waals surface area (Å²) in [6.07, 6.45) is 6.94. The number of dihydropyridines is 1. The first-order chi connectivity index (χ1) is 18.2. The van der Waals surface area contributed by atoms with Gasteiger partial charge in [-0.05, 0) is 61.4 Å². The van der Waals surface area contributed by atoms with E-state index < -0.39 is 10.8 Å². The number of carbonyl (C=O) groups is 3. The van der Waals surface area contributed by atoms with E-state index in [1.807, 2.05) is 63.2 Å². The lowest BCUT2D eigenvalue weighted by Crippen LogP contribution is -2.50. The maximum atomic E-state index is 13.4. The van der Waals surface area contributed by atoms with E-state index in [0.717, 1.165) is 46.5 Å². The summed E-state index contributed by atoms with van der Waals surface area (Å²) < 4.78 is 0. The molecule has 0 bridgehead atoms. The van der Waals surface area contributed by atoms with Gasteiger partial charge in [0.25, 0.3) is 0 Å². The lowest BCUT2D eigenvalue weighted by molar-refractivity contribution is -0.150. The van der Waals surface area contributed by atoms with Crippen LogP contribution >= 0.6 is 0 Å². The Hall–Kier alpha value is -3.87. The van der Waals surface area contributed by atoms with E-state index in [-0.39, 0.29) is 30.3 Å². The minimum atomic E-state index is -0.600.